The van der Waals surface area contributed by atoms with Crippen molar-refractivity contribution in [2.24, 2.45) is 5.73 Å². The second kappa shape index (κ2) is 7.91. The van der Waals surface area contributed by atoms with Crippen molar-refractivity contribution in [3.63, 3.8) is 0 Å². The molecule has 0 spiro atoms. The minimum atomic E-state index is 0.206. The molecule has 1 unspecified atom stereocenters. The first-order chi connectivity index (χ1) is 10.2. The Morgan fingerprint density at radius 1 is 1.05 bits per heavy atom. The standard InChI is InChI=1S/C17H20ClNO2/c1-20-14-6-8-15(9-7-14)21-11-10-13(12-19)16-4-2-3-5-17(16)18/h2-9,13H,10-12,19H2,1H3. The van der Waals surface area contributed by atoms with Gasteiger partial charge in [-0.1, -0.05) is 29.8 Å². The third-order valence-electron chi connectivity index (χ3n) is 3.42. The zero-order valence-corrected chi connectivity index (χ0v) is 12.8. The molecule has 0 aromatic heterocycles. The van der Waals surface area contributed by atoms with Gasteiger partial charge in [0.2, 0.25) is 0 Å². The lowest BCUT2D eigenvalue weighted by atomic mass is 9.96. The van der Waals surface area contributed by atoms with Gasteiger partial charge in [-0.25, -0.2) is 0 Å². The Morgan fingerprint density at radius 2 is 1.71 bits per heavy atom. The number of benzene rings is 2. The summed E-state index contributed by atoms with van der Waals surface area (Å²) < 4.78 is 10.9. The van der Waals surface area contributed by atoms with E-state index < -0.39 is 0 Å². The van der Waals surface area contributed by atoms with Crippen LogP contribution in [0.3, 0.4) is 0 Å². The average molecular weight is 306 g/mol. The molecule has 2 N–H and O–H groups in total. The highest BCUT2D eigenvalue weighted by atomic mass is 35.5. The molecule has 0 bridgehead atoms. The van der Waals surface area contributed by atoms with Crippen LogP contribution < -0.4 is 15.2 Å². The quantitative estimate of drug-likeness (QED) is 0.845. The lowest BCUT2D eigenvalue weighted by molar-refractivity contribution is 0.298. The number of methoxy groups -OCH3 is 1. The van der Waals surface area contributed by atoms with Crippen molar-refractivity contribution in [1.82, 2.24) is 0 Å². The number of ether oxygens (including phenoxy) is 2. The van der Waals surface area contributed by atoms with Crippen molar-refractivity contribution in [3.05, 3.63) is 59.1 Å². The lowest BCUT2D eigenvalue weighted by Gasteiger charge is -2.17. The first kappa shape index (κ1) is 15.7. The van der Waals surface area contributed by atoms with Crippen LogP contribution in [-0.4, -0.2) is 20.3 Å². The van der Waals surface area contributed by atoms with E-state index >= 15 is 0 Å². The normalized spacial score (nSPS) is 12.0. The van der Waals surface area contributed by atoms with Gasteiger partial charge in [0, 0.05) is 10.9 Å². The zero-order valence-electron chi connectivity index (χ0n) is 12.1. The van der Waals surface area contributed by atoms with Crippen molar-refractivity contribution in [2.45, 2.75) is 12.3 Å². The Bertz CT molecular complexity index is 557. The fourth-order valence-electron chi connectivity index (χ4n) is 2.20. The summed E-state index contributed by atoms with van der Waals surface area (Å²) in [4.78, 5) is 0. The molecule has 0 saturated heterocycles. The van der Waals surface area contributed by atoms with Crippen LogP contribution in [0.2, 0.25) is 5.02 Å². The van der Waals surface area contributed by atoms with Crippen molar-refractivity contribution < 1.29 is 9.47 Å². The molecule has 0 aliphatic carbocycles. The van der Waals surface area contributed by atoms with Crippen LogP contribution in [0.15, 0.2) is 48.5 Å². The Balaban J connectivity index is 1.90. The summed E-state index contributed by atoms with van der Waals surface area (Å²) in [6.07, 6.45) is 0.826. The van der Waals surface area contributed by atoms with E-state index in [1.54, 1.807) is 7.11 Å². The number of hydrogen-bond acceptors (Lipinski definition) is 3. The molecule has 3 nitrogen and oxygen atoms in total. The molecule has 2 aromatic carbocycles. The van der Waals surface area contributed by atoms with Gasteiger partial charge in [0.1, 0.15) is 11.5 Å². The first-order valence-corrected chi connectivity index (χ1v) is 7.33. The molecule has 0 amide bonds. The molecule has 112 valence electrons. The van der Waals surface area contributed by atoms with E-state index in [9.17, 15) is 0 Å². The number of halogens is 1. The van der Waals surface area contributed by atoms with Gasteiger partial charge in [0.25, 0.3) is 0 Å². The maximum absolute atomic E-state index is 6.22. The topological polar surface area (TPSA) is 44.5 Å². The van der Waals surface area contributed by atoms with Crippen molar-refractivity contribution in [1.29, 1.82) is 0 Å². The molecule has 1 atom stereocenters. The Kier molecular flexibility index (Phi) is 5.90. The second-order valence-corrected chi connectivity index (χ2v) is 5.17. The highest BCUT2D eigenvalue weighted by Gasteiger charge is 2.12. The minimum absolute atomic E-state index is 0.206. The smallest absolute Gasteiger partial charge is 0.119 e. The average Bonchev–Trinajstić information content (AvgIpc) is 2.53. The minimum Gasteiger partial charge on any atom is -0.497 e. The van der Waals surface area contributed by atoms with E-state index in [4.69, 9.17) is 26.8 Å². The summed E-state index contributed by atoms with van der Waals surface area (Å²) in [6, 6.07) is 15.4. The molecule has 2 rings (SSSR count). The highest BCUT2D eigenvalue weighted by molar-refractivity contribution is 6.31. The van der Waals surface area contributed by atoms with Gasteiger partial charge in [0.15, 0.2) is 0 Å². The molecule has 21 heavy (non-hydrogen) atoms. The molecule has 0 saturated carbocycles. The predicted octanol–water partition coefficient (Wildman–Crippen LogP) is 3.86. The summed E-state index contributed by atoms with van der Waals surface area (Å²) >= 11 is 6.22. The highest BCUT2D eigenvalue weighted by Crippen LogP contribution is 2.26. The van der Waals surface area contributed by atoms with E-state index in [0.717, 1.165) is 28.5 Å². The Labute approximate surface area is 130 Å². The molecule has 0 heterocycles. The molecule has 2 aromatic rings. The second-order valence-electron chi connectivity index (χ2n) is 4.77. The summed E-state index contributed by atoms with van der Waals surface area (Å²) in [5.74, 6) is 1.85. The fourth-order valence-corrected chi connectivity index (χ4v) is 2.49. The van der Waals surface area contributed by atoms with Crippen molar-refractivity contribution >= 4 is 11.6 Å². The molecule has 0 aliphatic heterocycles. The van der Waals surface area contributed by atoms with Crippen LogP contribution in [0.1, 0.15) is 17.9 Å². The van der Waals surface area contributed by atoms with Gasteiger partial charge in [0.05, 0.1) is 13.7 Å². The zero-order chi connectivity index (χ0) is 15.1. The van der Waals surface area contributed by atoms with E-state index in [1.807, 2.05) is 48.5 Å². The van der Waals surface area contributed by atoms with E-state index in [-0.39, 0.29) is 5.92 Å². The lowest BCUT2D eigenvalue weighted by Crippen LogP contribution is -2.16. The fraction of sp³-hybridized carbons (Fsp3) is 0.294. The van der Waals surface area contributed by atoms with Gasteiger partial charge in [-0.15, -0.1) is 0 Å². The summed E-state index contributed by atoms with van der Waals surface area (Å²) in [6.45, 7) is 1.15. The van der Waals surface area contributed by atoms with Gasteiger partial charge in [-0.05, 0) is 48.9 Å². The molecule has 4 heteroatoms. The van der Waals surface area contributed by atoms with Crippen LogP contribution in [0.5, 0.6) is 11.5 Å². The van der Waals surface area contributed by atoms with Gasteiger partial charge < -0.3 is 15.2 Å². The number of hydrogen-bond donors (Lipinski definition) is 1. The van der Waals surface area contributed by atoms with E-state index in [2.05, 4.69) is 0 Å². The van der Waals surface area contributed by atoms with Gasteiger partial charge in [-0.2, -0.15) is 0 Å². The molecular formula is C17H20ClNO2. The Hall–Kier alpha value is -1.71. The van der Waals surface area contributed by atoms with Gasteiger partial charge >= 0.3 is 0 Å². The first-order valence-electron chi connectivity index (χ1n) is 6.96. The SMILES string of the molecule is COc1ccc(OCCC(CN)c2ccccc2Cl)cc1. The summed E-state index contributed by atoms with van der Waals surface area (Å²) in [7, 11) is 1.64. The summed E-state index contributed by atoms with van der Waals surface area (Å²) in [5, 5.41) is 0.761. The molecule has 0 fully saturated rings. The van der Waals surface area contributed by atoms with Crippen LogP contribution >= 0.6 is 11.6 Å². The monoisotopic (exact) mass is 305 g/mol. The third kappa shape index (κ3) is 4.38. The largest absolute Gasteiger partial charge is 0.497 e. The maximum atomic E-state index is 6.22. The molecule has 0 radical (unpaired) electrons. The van der Waals surface area contributed by atoms with E-state index in [0.29, 0.717) is 13.2 Å². The maximum Gasteiger partial charge on any atom is 0.119 e. The molecular weight excluding hydrogens is 286 g/mol. The summed E-state index contributed by atoms with van der Waals surface area (Å²) in [5.41, 5.74) is 6.94. The molecule has 0 aliphatic rings. The number of rotatable bonds is 7. The van der Waals surface area contributed by atoms with Crippen LogP contribution in [-0.2, 0) is 0 Å². The van der Waals surface area contributed by atoms with Crippen LogP contribution in [0.25, 0.3) is 0 Å². The number of nitrogens with two attached hydrogens (primary N) is 1. The van der Waals surface area contributed by atoms with Crippen LogP contribution in [0, 0.1) is 0 Å². The van der Waals surface area contributed by atoms with Crippen LogP contribution in [0.4, 0.5) is 0 Å². The third-order valence-corrected chi connectivity index (χ3v) is 3.77. The van der Waals surface area contributed by atoms with E-state index in [1.165, 1.54) is 0 Å². The van der Waals surface area contributed by atoms with Crippen molar-refractivity contribution in [2.75, 3.05) is 20.3 Å². The Morgan fingerprint density at radius 3 is 2.33 bits per heavy atom. The van der Waals surface area contributed by atoms with Crippen molar-refractivity contribution in [3.8, 4) is 11.5 Å². The predicted molar refractivity (Wildman–Crippen MR) is 86.4 cm³/mol. The van der Waals surface area contributed by atoms with Gasteiger partial charge in [-0.3, -0.25) is 0 Å².